The minimum absolute atomic E-state index is 0.132. The molecule has 1 amide bonds. The van der Waals surface area contributed by atoms with Gasteiger partial charge in [0.2, 0.25) is 5.91 Å². The Morgan fingerprint density at radius 2 is 1.80 bits per heavy atom. The molecule has 0 spiro atoms. The molecule has 15 heavy (non-hydrogen) atoms. The first kappa shape index (κ1) is 14.4. The summed E-state index contributed by atoms with van der Waals surface area (Å²) in [6.07, 6.45) is 0.575. The number of nitrogens with one attached hydrogen (secondary N) is 2. The zero-order valence-corrected chi connectivity index (χ0v) is 10.3. The molecule has 0 saturated carbocycles. The van der Waals surface area contributed by atoms with Crippen LogP contribution in [0.5, 0.6) is 0 Å². The smallest absolute Gasteiger partial charge is 0.221 e. The summed E-state index contributed by atoms with van der Waals surface area (Å²) in [4.78, 5) is 13.5. The van der Waals surface area contributed by atoms with Crippen LogP contribution in [0.1, 0.15) is 27.2 Å². The molecule has 0 saturated heterocycles. The van der Waals surface area contributed by atoms with Gasteiger partial charge in [0, 0.05) is 32.6 Å². The van der Waals surface area contributed by atoms with Crippen molar-refractivity contribution in [3.63, 3.8) is 0 Å². The van der Waals surface area contributed by atoms with Gasteiger partial charge in [-0.05, 0) is 20.0 Å². The largest absolute Gasteiger partial charge is 0.356 e. The number of carbonyl (C=O) groups excluding carboxylic acids is 1. The molecule has 0 radical (unpaired) electrons. The first-order chi connectivity index (χ1) is 7.24. The van der Waals surface area contributed by atoms with Crippen LogP contribution in [-0.4, -0.2) is 50.1 Å². The standard InChI is InChI=1S/C11H25N3O/c1-4-13-11(15)7-8-12-9-10-14(5-2)6-3/h12H,4-10H2,1-3H3,(H,13,15). The number of likely N-dealkylation sites (N-methyl/N-ethyl adjacent to an activating group) is 1. The summed E-state index contributed by atoms with van der Waals surface area (Å²) in [5.74, 6) is 0.132. The number of carbonyl (C=O) groups is 1. The Hall–Kier alpha value is -0.610. The van der Waals surface area contributed by atoms with Crippen molar-refractivity contribution >= 4 is 5.91 Å². The molecule has 0 aliphatic rings. The van der Waals surface area contributed by atoms with Gasteiger partial charge in [-0.15, -0.1) is 0 Å². The predicted molar refractivity (Wildman–Crippen MR) is 64.0 cm³/mol. The van der Waals surface area contributed by atoms with E-state index in [4.69, 9.17) is 0 Å². The maximum absolute atomic E-state index is 11.1. The summed E-state index contributed by atoms with van der Waals surface area (Å²) >= 11 is 0. The molecule has 0 heterocycles. The minimum Gasteiger partial charge on any atom is -0.356 e. The van der Waals surface area contributed by atoms with Gasteiger partial charge in [-0.2, -0.15) is 0 Å². The Morgan fingerprint density at radius 1 is 1.13 bits per heavy atom. The molecular formula is C11H25N3O. The van der Waals surface area contributed by atoms with Gasteiger partial charge in [-0.25, -0.2) is 0 Å². The third-order valence-electron chi connectivity index (χ3n) is 2.40. The van der Waals surface area contributed by atoms with E-state index in [2.05, 4.69) is 29.4 Å². The van der Waals surface area contributed by atoms with Crippen molar-refractivity contribution in [2.75, 3.05) is 39.3 Å². The molecule has 4 nitrogen and oxygen atoms in total. The van der Waals surface area contributed by atoms with Crippen LogP contribution in [0, 0.1) is 0 Å². The number of nitrogens with zero attached hydrogens (tertiary/aromatic N) is 1. The fourth-order valence-corrected chi connectivity index (χ4v) is 1.39. The lowest BCUT2D eigenvalue weighted by molar-refractivity contribution is -0.120. The lowest BCUT2D eigenvalue weighted by Gasteiger charge is -2.17. The van der Waals surface area contributed by atoms with E-state index in [1.54, 1.807) is 0 Å². The maximum atomic E-state index is 11.1. The second-order valence-corrected chi connectivity index (χ2v) is 3.48. The summed E-state index contributed by atoms with van der Waals surface area (Å²) in [6, 6.07) is 0. The molecule has 0 fully saturated rings. The summed E-state index contributed by atoms with van der Waals surface area (Å²) in [5, 5.41) is 6.05. The second-order valence-electron chi connectivity index (χ2n) is 3.48. The van der Waals surface area contributed by atoms with Crippen LogP contribution in [0.2, 0.25) is 0 Å². The topological polar surface area (TPSA) is 44.4 Å². The minimum atomic E-state index is 0.132. The van der Waals surface area contributed by atoms with Crippen molar-refractivity contribution < 1.29 is 4.79 Å². The second kappa shape index (κ2) is 9.93. The highest BCUT2D eigenvalue weighted by atomic mass is 16.1. The predicted octanol–water partition coefficient (Wildman–Crippen LogP) is 0.444. The van der Waals surface area contributed by atoms with Crippen LogP contribution in [0.3, 0.4) is 0 Å². The van der Waals surface area contributed by atoms with Crippen molar-refractivity contribution in [2.45, 2.75) is 27.2 Å². The molecule has 0 aromatic carbocycles. The van der Waals surface area contributed by atoms with E-state index in [1.807, 2.05) is 6.92 Å². The Labute approximate surface area is 93.4 Å². The molecule has 4 heteroatoms. The van der Waals surface area contributed by atoms with Crippen molar-refractivity contribution in [1.29, 1.82) is 0 Å². The van der Waals surface area contributed by atoms with E-state index in [-0.39, 0.29) is 5.91 Å². The van der Waals surface area contributed by atoms with Crippen molar-refractivity contribution in [1.82, 2.24) is 15.5 Å². The lowest BCUT2D eigenvalue weighted by Crippen LogP contribution is -2.34. The van der Waals surface area contributed by atoms with E-state index in [0.29, 0.717) is 6.42 Å². The maximum Gasteiger partial charge on any atom is 0.221 e. The van der Waals surface area contributed by atoms with Gasteiger partial charge in [0.25, 0.3) is 0 Å². The van der Waals surface area contributed by atoms with Gasteiger partial charge in [0.15, 0.2) is 0 Å². The van der Waals surface area contributed by atoms with E-state index in [9.17, 15) is 4.79 Å². The molecule has 0 aliphatic heterocycles. The number of hydrogen-bond donors (Lipinski definition) is 2. The van der Waals surface area contributed by atoms with Crippen molar-refractivity contribution in [3.05, 3.63) is 0 Å². The first-order valence-electron chi connectivity index (χ1n) is 5.94. The molecule has 0 unspecified atom stereocenters. The highest BCUT2D eigenvalue weighted by Crippen LogP contribution is 1.84. The van der Waals surface area contributed by atoms with Crippen molar-refractivity contribution in [3.8, 4) is 0 Å². The molecule has 0 rings (SSSR count). The van der Waals surface area contributed by atoms with Crippen LogP contribution in [0.25, 0.3) is 0 Å². The zero-order chi connectivity index (χ0) is 11.5. The van der Waals surface area contributed by atoms with E-state index in [1.165, 1.54) is 0 Å². The quantitative estimate of drug-likeness (QED) is 0.549. The summed E-state index contributed by atoms with van der Waals surface area (Å²) in [5.41, 5.74) is 0. The molecule has 90 valence electrons. The Balaban J connectivity index is 3.27. The fraction of sp³-hybridized carbons (Fsp3) is 0.909. The molecule has 0 aromatic heterocycles. The molecule has 2 N–H and O–H groups in total. The van der Waals surface area contributed by atoms with Crippen LogP contribution >= 0.6 is 0 Å². The average molecular weight is 215 g/mol. The monoisotopic (exact) mass is 215 g/mol. The molecule has 0 aliphatic carbocycles. The number of hydrogen-bond acceptors (Lipinski definition) is 3. The number of amides is 1. The van der Waals surface area contributed by atoms with Gasteiger partial charge < -0.3 is 15.5 Å². The van der Waals surface area contributed by atoms with Gasteiger partial charge >= 0.3 is 0 Å². The van der Waals surface area contributed by atoms with Crippen LogP contribution < -0.4 is 10.6 Å². The highest BCUT2D eigenvalue weighted by molar-refractivity contribution is 5.75. The highest BCUT2D eigenvalue weighted by Gasteiger charge is 1.99. The Bertz CT molecular complexity index is 158. The molecule has 0 atom stereocenters. The van der Waals surface area contributed by atoms with E-state index in [0.717, 1.165) is 39.3 Å². The van der Waals surface area contributed by atoms with E-state index < -0.39 is 0 Å². The van der Waals surface area contributed by atoms with Gasteiger partial charge in [-0.3, -0.25) is 4.79 Å². The summed E-state index contributed by atoms with van der Waals surface area (Å²) < 4.78 is 0. The van der Waals surface area contributed by atoms with Gasteiger partial charge in [-0.1, -0.05) is 13.8 Å². The first-order valence-corrected chi connectivity index (χ1v) is 5.94. The van der Waals surface area contributed by atoms with Crippen molar-refractivity contribution in [2.24, 2.45) is 0 Å². The van der Waals surface area contributed by atoms with E-state index >= 15 is 0 Å². The summed E-state index contributed by atoms with van der Waals surface area (Å²) in [7, 11) is 0. The zero-order valence-electron chi connectivity index (χ0n) is 10.3. The lowest BCUT2D eigenvalue weighted by atomic mass is 10.4. The van der Waals surface area contributed by atoms with Gasteiger partial charge in [0.1, 0.15) is 0 Å². The SMILES string of the molecule is CCNC(=O)CCNCCN(CC)CC. The average Bonchev–Trinajstić information content (AvgIpc) is 2.24. The van der Waals surface area contributed by atoms with Gasteiger partial charge in [0.05, 0.1) is 0 Å². The third-order valence-corrected chi connectivity index (χ3v) is 2.40. The van der Waals surface area contributed by atoms with Crippen LogP contribution in [0.4, 0.5) is 0 Å². The number of rotatable bonds is 9. The van der Waals surface area contributed by atoms with Crippen LogP contribution in [-0.2, 0) is 4.79 Å². The Kier molecular flexibility index (Phi) is 9.52. The summed E-state index contributed by atoms with van der Waals surface area (Å²) in [6.45, 7) is 12.0. The molecule has 0 aromatic rings. The molecule has 0 bridgehead atoms. The third kappa shape index (κ3) is 8.39. The van der Waals surface area contributed by atoms with Crippen LogP contribution in [0.15, 0.2) is 0 Å². The Morgan fingerprint density at radius 3 is 2.33 bits per heavy atom. The molecular weight excluding hydrogens is 190 g/mol. The fourth-order valence-electron chi connectivity index (χ4n) is 1.39. The normalized spacial score (nSPS) is 10.7.